The van der Waals surface area contributed by atoms with Crippen LogP contribution < -0.4 is 14.8 Å². The number of hydrogen-bond donors (Lipinski definition) is 1. The monoisotopic (exact) mass is 487 g/mol. The first kappa shape index (κ1) is 25.4. The highest BCUT2D eigenvalue weighted by Gasteiger charge is 2.28. The standard InChI is InChI=1S/C25H37N5O5/c1-4-20(16-30-11-13-34-14-12-30)26-25(31)18-7-9-29(10-8-18)17-23-27-24(28-35-23)19-5-6-21(32-2)22(15-19)33-3/h5-6,15,18,20H,4,7-14,16-17H2,1-3H3,(H,26,31)/t20-/m0/s1. The molecule has 4 rings (SSSR count). The summed E-state index contributed by atoms with van der Waals surface area (Å²) in [5.74, 6) is 2.58. The molecule has 2 saturated heterocycles. The predicted octanol–water partition coefficient (Wildman–Crippen LogP) is 2.19. The van der Waals surface area contributed by atoms with Crippen LogP contribution in [0.4, 0.5) is 0 Å². The molecule has 3 heterocycles. The van der Waals surface area contributed by atoms with Crippen LogP contribution in [0.5, 0.6) is 11.5 Å². The zero-order valence-electron chi connectivity index (χ0n) is 21.0. The lowest BCUT2D eigenvalue weighted by Gasteiger charge is -2.33. The van der Waals surface area contributed by atoms with Crippen molar-refractivity contribution in [1.29, 1.82) is 0 Å². The second-order valence-electron chi connectivity index (χ2n) is 9.16. The average molecular weight is 488 g/mol. The van der Waals surface area contributed by atoms with Gasteiger partial charge in [0.1, 0.15) is 0 Å². The van der Waals surface area contributed by atoms with E-state index in [9.17, 15) is 4.79 Å². The van der Waals surface area contributed by atoms with Crippen molar-refractivity contribution < 1.29 is 23.5 Å². The number of benzene rings is 1. The van der Waals surface area contributed by atoms with Crippen molar-refractivity contribution in [2.24, 2.45) is 5.92 Å². The summed E-state index contributed by atoms with van der Waals surface area (Å²) in [6.45, 7) is 8.68. The lowest BCUT2D eigenvalue weighted by atomic mass is 9.95. The molecule has 0 radical (unpaired) electrons. The maximum atomic E-state index is 12.9. The van der Waals surface area contributed by atoms with Gasteiger partial charge in [0.15, 0.2) is 11.5 Å². The number of nitrogens with zero attached hydrogens (tertiary/aromatic N) is 4. The molecule has 0 saturated carbocycles. The Hall–Kier alpha value is -2.69. The Bertz CT molecular complexity index is 953. The maximum absolute atomic E-state index is 12.9. The molecule has 0 unspecified atom stereocenters. The Morgan fingerprint density at radius 3 is 2.54 bits per heavy atom. The van der Waals surface area contributed by atoms with Crippen LogP contribution in [-0.2, 0) is 16.1 Å². The van der Waals surface area contributed by atoms with Crippen LogP contribution >= 0.6 is 0 Å². The summed E-state index contributed by atoms with van der Waals surface area (Å²) in [7, 11) is 3.20. The van der Waals surface area contributed by atoms with Crippen LogP contribution in [0.2, 0.25) is 0 Å². The molecule has 0 aliphatic carbocycles. The van der Waals surface area contributed by atoms with E-state index in [2.05, 4.69) is 32.2 Å². The van der Waals surface area contributed by atoms with Gasteiger partial charge in [-0.2, -0.15) is 4.98 Å². The van der Waals surface area contributed by atoms with Crippen LogP contribution in [0.1, 0.15) is 32.1 Å². The predicted molar refractivity (Wildman–Crippen MR) is 130 cm³/mol. The van der Waals surface area contributed by atoms with E-state index in [4.69, 9.17) is 18.7 Å². The minimum atomic E-state index is 0.0509. The van der Waals surface area contributed by atoms with Gasteiger partial charge in [0.05, 0.1) is 34.0 Å². The Morgan fingerprint density at radius 1 is 1.11 bits per heavy atom. The number of carbonyl (C=O) groups is 1. The van der Waals surface area contributed by atoms with Gasteiger partial charge in [0, 0.05) is 37.2 Å². The molecule has 10 nitrogen and oxygen atoms in total. The van der Waals surface area contributed by atoms with E-state index in [-0.39, 0.29) is 17.9 Å². The molecule has 2 aliphatic rings. The molecule has 1 N–H and O–H groups in total. The molecular weight excluding hydrogens is 450 g/mol. The normalized spacial score (nSPS) is 18.8. The number of piperidine rings is 1. The number of ether oxygens (including phenoxy) is 3. The fraction of sp³-hybridized carbons (Fsp3) is 0.640. The number of nitrogens with one attached hydrogen (secondary N) is 1. The highest BCUT2D eigenvalue weighted by Crippen LogP contribution is 2.31. The molecular formula is C25H37N5O5. The summed E-state index contributed by atoms with van der Waals surface area (Å²) in [5.41, 5.74) is 0.801. The van der Waals surface area contributed by atoms with Crippen LogP contribution in [0.25, 0.3) is 11.4 Å². The minimum absolute atomic E-state index is 0.0509. The van der Waals surface area contributed by atoms with Gasteiger partial charge in [-0.15, -0.1) is 0 Å². The van der Waals surface area contributed by atoms with E-state index in [0.29, 0.717) is 29.8 Å². The van der Waals surface area contributed by atoms with E-state index in [1.165, 1.54) is 0 Å². The molecule has 2 fully saturated rings. The first-order valence-electron chi connectivity index (χ1n) is 12.5. The number of amides is 1. The van der Waals surface area contributed by atoms with Crippen molar-refractivity contribution in [3.63, 3.8) is 0 Å². The molecule has 1 atom stereocenters. The van der Waals surface area contributed by atoms with E-state index in [1.54, 1.807) is 14.2 Å². The smallest absolute Gasteiger partial charge is 0.241 e. The molecule has 35 heavy (non-hydrogen) atoms. The number of rotatable bonds is 10. The summed E-state index contributed by atoms with van der Waals surface area (Å²) in [6.07, 6.45) is 2.59. The highest BCUT2D eigenvalue weighted by atomic mass is 16.5. The van der Waals surface area contributed by atoms with Crippen LogP contribution in [0, 0.1) is 5.92 Å². The lowest BCUT2D eigenvalue weighted by Crippen LogP contribution is -2.49. The third-order valence-electron chi connectivity index (χ3n) is 6.85. The zero-order chi connectivity index (χ0) is 24.6. The fourth-order valence-electron chi connectivity index (χ4n) is 4.65. The van der Waals surface area contributed by atoms with Crippen LogP contribution in [0.3, 0.4) is 0 Å². The number of carbonyl (C=O) groups excluding carboxylic acids is 1. The van der Waals surface area contributed by atoms with Gasteiger partial charge in [-0.3, -0.25) is 14.6 Å². The Kier molecular flexibility index (Phi) is 8.95. The molecule has 1 aromatic heterocycles. The quantitative estimate of drug-likeness (QED) is 0.540. The molecule has 192 valence electrons. The molecule has 1 aromatic carbocycles. The topological polar surface area (TPSA) is 102 Å². The zero-order valence-corrected chi connectivity index (χ0v) is 21.0. The number of likely N-dealkylation sites (tertiary alicyclic amines) is 1. The van der Waals surface area contributed by atoms with Crippen molar-refractivity contribution in [2.75, 3.05) is 60.2 Å². The second-order valence-corrected chi connectivity index (χ2v) is 9.16. The first-order chi connectivity index (χ1) is 17.1. The third-order valence-corrected chi connectivity index (χ3v) is 6.85. The molecule has 10 heteroatoms. The van der Waals surface area contributed by atoms with Crippen LogP contribution in [-0.4, -0.2) is 92.0 Å². The van der Waals surface area contributed by atoms with Gasteiger partial charge in [0.2, 0.25) is 17.6 Å². The summed E-state index contributed by atoms with van der Waals surface area (Å²) in [5, 5.41) is 7.42. The van der Waals surface area contributed by atoms with E-state index in [1.807, 2.05) is 18.2 Å². The van der Waals surface area contributed by atoms with Gasteiger partial charge < -0.3 is 24.1 Å². The largest absolute Gasteiger partial charge is 0.493 e. The molecule has 0 spiro atoms. The van der Waals surface area contributed by atoms with Crippen molar-refractivity contribution in [1.82, 2.24) is 25.3 Å². The van der Waals surface area contributed by atoms with Gasteiger partial charge in [-0.05, 0) is 50.6 Å². The average Bonchev–Trinajstić information content (AvgIpc) is 3.37. The van der Waals surface area contributed by atoms with E-state index in [0.717, 1.165) is 70.8 Å². The number of hydrogen-bond acceptors (Lipinski definition) is 9. The van der Waals surface area contributed by atoms with Crippen molar-refractivity contribution >= 4 is 5.91 Å². The number of morpholine rings is 1. The van der Waals surface area contributed by atoms with E-state index < -0.39 is 0 Å². The molecule has 0 bridgehead atoms. The van der Waals surface area contributed by atoms with Crippen molar-refractivity contribution in [2.45, 2.75) is 38.8 Å². The fourth-order valence-corrected chi connectivity index (χ4v) is 4.65. The van der Waals surface area contributed by atoms with Crippen molar-refractivity contribution in [3.8, 4) is 22.9 Å². The SMILES string of the molecule is CC[C@@H](CN1CCOCC1)NC(=O)C1CCN(Cc2nc(-c3ccc(OC)c(OC)c3)no2)CC1. The maximum Gasteiger partial charge on any atom is 0.241 e. The Morgan fingerprint density at radius 2 is 1.86 bits per heavy atom. The summed E-state index contributed by atoms with van der Waals surface area (Å²) in [6, 6.07) is 5.72. The molecule has 2 aromatic rings. The molecule has 2 aliphatic heterocycles. The van der Waals surface area contributed by atoms with Gasteiger partial charge >= 0.3 is 0 Å². The van der Waals surface area contributed by atoms with Gasteiger partial charge in [-0.1, -0.05) is 12.1 Å². The van der Waals surface area contributed by atoms with Gasteiger partial charge in [-0.25, -0.2) is 0 Å². The first-order valence-corrected chi connectivity index (χ1v) is 12.5. The summed E-state index contributed by atoms with van der Waals surface area (Å²) >= 11 is 0. The van der Waals surface area contributed by atoms with Gasteiger partial charge in [0.25, 0.3) is 0 Å². The van der Waals surface area contributed by atoms with Crippen LogP contribution in [0.15, 0.2) is 22.7 Å². The third kappa shape index (κ3) is 6.71. The highest BCUT2D eigenvalue weighted by molar-refractivity contribution is 5.79. The molecule has 1 amide bonds. The Balaban J connectivity index is 1.25. The minimum Gasteiger partial charge on any atom is -0.493 e. The van der Waals surface area contributed by atoms with E-state index >= 15 is 0 Å². The number of aromatic nitrogens is 2. The summed E-state index contributed by atoms with van der Waals surface area (Å²) in [4.78, 5) is 22.1. The second kappa shape index (κ2) is 12.3. The lowest BCUT2D eigenvalue weighted by molar-refractivity contribution is -0.127. The number of methoxy groups -OCH3 is 2. The van der Waals surface area contributed by atoms with Crippen molar-refractivity contribution in [3.05, 3.63) is 24.1 Å². The summed E-state index contributed by atoms with van der Waals surface area (Å²) < 4.78 is 21.6. The Labute approximate surface area is 206 Å².